The molecule has 2 fully saturated rings. The molecule has 0 heterocycles. The number of halogens is 4. The van der Waals surface area contributed by atoms with Gasteiger partial charge in [0.1, 0.15) is 5.78 Å². The molecular weight excluding hydrogens is 636 g/mol. The highest BCUT2D eigenvalue weighted by Crippen LogP contribution is 2.33. The average Bonchev–Trinajstić information content (AvgIpc) is 3.12. The number of ether oxygens (including phenoxy) is 1. The molecular formula is C44H56F4O2. The van der Waals surface area contributed by atoms with E-state index in [2.05, 4.69) is 23.7 Å². The third kappa shape index (κ3) is 12.8. The summed E-state index contributed by atoms with van der Waals surface area (Å²) in [6.07, 6.45) is 21.5. The summed E-state index contributed by atoms with van der Waals surface area (Å²) in [5.41, 5.74) is 0.553. The molecule has 2 aliphatic carbocycles. The zero-order valence-electron chi connectivity index (χ0n) is 30.3. The molecule has 0 spiro atoms. The minimum atomic E-state index is -0.968. The molecule has 272 valence electrons. The van der Waals surface area contributed by atoms with Crippen molar-refractivity contribution >= 4 is 5.78 Å². The molecule has 0 radical (unpaired) electrons. The van der Waals surface area contributed by atoms with Gasteiger partial charge in [0.2, 0.25) is 5.82 Å². The summed E-state index contributed by atoms with van der Waals surface area (Å²) in [4.78, 5) is 12.4. The fourth-order valence-electron chi connectivity index (χ4n) is 7.53. The first-order valence-electron chi connectivity index (χ1n) is 19.3. The van der Waals surface area contributed by atoms with Crippen LogP contribution in [0.5, 0.6) is 5.75 Å². The molecule has 0 N–H and O–H groups in total. The van der Waals surface area contributed by atoms with Crippen molar-refractivity contribution in [2.75, 3.05) is 6.61 Å². The van der Waals surface area contributed by atoms with Gasteiger partial charge in [0.25, 0.3) is 0 Å². The number of rotatable bonds is 16. The van der Waals surface area contributed by atoms with Gasteiger partial charge >= 0.3 is 0 Å². The maximum absolute atomic E-state index is 14.3. The number of hydrogen-bond acceptors (Lipinski definition) is 2. The Kier molecular flexibility index (Phi) is 16.8. The maximum atomic E-state index is 14.3. The first kappa shape index (κ1) is 39.5. The SMILES string of the molecule is CCOc1ccc(C#CC2CCC(CCCCCCC(=O)CCCCCCC3CCC(C#Cc4ccc(C)c(F)c4F)CC3)CC2)c(F)c1F. The van der Waals surface area contributed by atoms with E-state index in [1.54, 1.807) is 26.0 Å². The summed E-state index contributed by atoms with van der Waals surface area (Å²) in [6, 6.07) is 6.09. The van der Waals surface area contributed by atoms with Gasteiger partial charge in [-0.1, -0.05) is 81.1 Å². The second kappa shape index (κ2) is 21.2. The number of hydrogen-bond donors (Lipinski definition) is 0. The highest BCUT2D eigenvalue weighted by atomic mass is 19.2. The van der Waals surface area contributed by atoms with Crippen LogP contribution in [0.3, 0.4) is 0 Å². The molecule has 2 aromatic carbocycles. The average molecular weight is 693 g/mol. The van der Waals surface area contributed by atoms with E-state index in [1.807, 2.05) is 0 Å². The lowest BCUT2D eigenvalue weighted by atomic mass is 9.80. The fraction of sp³-hybridized carbons (Fsp3) is 0.614. The van der Waals surface area contributed by atoms with E-state index >= 15 is 0 Å². The van der Waals surface area contributed by atoms with Crippen LogP contribution >= 0.6 is 0 Å². The van der Waals surface area contributed by atoms with Crippen LogP contribution in [0.2, 0.25) is 0 Å². The third-order valence-corrected chi connectivity index (χ3v) is 10.8. The molecule has 2 nitrogen and oxygen atoms in total. The topological polar surface area (TPSA) is 26.3 Å². The second-order valence-electron chi connectivity index (χ2n) is 14.6. The van der Waals surface area contributed by atoms with Crippen molar-refractivity contribution in [1.29, 1.82) is 0 Å². The standard InChI is InChI=1S/C44H56F4O2/c1-3-50-40-31-30-38(43(47)44(40)48)29-26-36-23-19-34(20-24-36)13-9-5-7-11-15-39(49)14-10-6-4-8-12-33-17-21-35(22-18-33)25-28-37-27-16-32(2)41(45)42(37)46/h16,27,30-31,33-36H,3-15,17-24H2,1-2H3. The van der Waals surface area contributed by atoms with E-state index in [-0.39, 0.29) is 35.3 Å². The lowest BCUT2D eigenvalue weighted by molar-refractivity contribution is -0.119. The Balaban J connectivity index is 0.956. The van der Waals surface area contributed by atoms with Crippen LogP contribution < -0.4 is 4.74 Å². The first-order chi connectivity index (χ1) is 24.2. The van der Waals surface area contributed by atoms with Crippen LogP contribution in [0.15, 0.2) is 24.3 Å². The number of unbranched alkanes of at least 4 members (excludes halogenated alkanes) is 6. The lowest BCUT2D eigenvalue weighted by Crippen LogP contribution is -2.13. The summed E-state index contributed by atoms with van der Waals surface area (Å²) in [5, 5.41) is 0. The van der Waals surface area contributed by atoms with Crippen LogP contribution in [-0.4, -0.2) is 12.4 Å². The van der Waals surface area contributed by atoms with E-state index in [0.717, 1.165) is 83.0 Å². The van der Waals surface area contributed by atoms with Gasteiger partial charge in [-0.3, -0.25) is 4.79 Å². The number of carbonyl (C=O) groups excluding carboxylic acids is 1. The monoisotopic (exact) mass is 692 g/mol. The number of carbonyl (C=O) groups is 1. The Labute approximate surface area is 298 Å². The molecule has 4 rings (SSSR count). The van der Waals surface area contributed by atoms with Crippen molar-refractivity contribution in [2.24, 2.45) is 23.7 Å². The Morgan fingerprint density at radius 3 is 1.58 bits per heavy atom. The largest absolute Gasteiger partial charge is 0.491 e. The van der Waals surface area contributed by atoms with Gasteiger partial charge in [-0.2, -0.15) is 4.39 Å². The fourth-order valence-corrected chi connectivity index (χ4v) is 7.53. The molecule has 2 aromatic rings. The molecule has 0 aromatic heterocycles. The van der Waals surface area contributed by atoms with Gasteiger partial charge in [-0.15, -0.1) is 0 Å². The van der Waals surface area contributed by atoms with Crippen molar-refractivity contribution < 1.29 is 27.1 Å². The minimum Gasteiger partial charge on any atom is -0.491 e. The Bertz CT molecular complexity index is 1490. The molecule has 50 heavy (non-hydrogen) atoms. The highest BCUT2D eigenvalue weighted by molar-refractivity contribution is 5.78. The molecule has 2 aliphatic rings. The Morgan fingerprint density at radius 2 is 1.08 bits per heavy atom. The first-order valence-corrected chi connectivity index (χ1v) is 19.3. The van der Waals surface area contributed by atoms with Crippen molar-refractivity contribution in [3.8, 4) is 29.4 Å². The van der Waals surface area contributed by atoms with Crippen molar-refractivity contribution in [2.45, 2.75) is 142 Å². The van der Waals surface area contributed by atoms with E-state index in [1.165, 1.54) is 50.7 Å². The summed E-state index contributed by atoms with van der Waals surface area (Å²) in [5.74, 6) is 10.8. The number of Topliss-reactive ketones (excluding diaryl/α,β-unsaturated/α-hetero) is 1. The zero-order valence-corrected chi connectivity index (χ0v) is 30.3. The van der Waals surface area contributed by atoms with Gasteiger partial charge in [0, 0.05) is 24.7 Å². The third-order valence-electron chi connectivity index (χ3n) is 10.8. The second-order valence-corrected chi connectivity index (χ2v) is 14.6. The van der Waals surface area contributed by atoms with Gasteiger partial charge in [0.05, 0.1) is 17.7 Å². The molecule has 0 amide bonds. The normalized spacial score (nSPS) is 20.4. The summed E-state index contributed by atoms with van der Waals surface area (Å²) in [6.45, 7) is 3.57. The van der Waals surface area contributed by atoms with Crippen molar-refractivity contribution in [3.63, 3.8) is 0 Å². The predicted molar refractivity (Wildman–Crippen MR) is 194 cm³/mol. The summed E-state index contributed by atoms with van der Waals surface area (Å²) >= 11 is 0. The molecule has 0 saturated heterocycles. The maximum Gasteiger partial charge on any atom is 0.201 e. The van der Waals surface area contributed by atoms with Gasteiger partial charge in [-0.25, -0.2) is 13.2 Å². The molecule has 0 bridgehead atoms. The molecule has 0 atom stereocenters. The van der Waals surface area contributed by atoms with Crippen LogP contribution in [0.4, 0.5) is 17.6 Å². The zero-order chi connectivity index (χ0) is 35.7. The molecule has 0 aliphatic heterocycles. The highest BCUT2D eigenvalue weighted by Gasteiger charge is 2.21. The van der Waals surface area contributed by atoms with E-state index < -0.39 is 23.3 Å². The molecule has 6 heteroatoms. The number of benzene rings is 2. The van der Waals surface area contributed by atoms with Crippen LogP contribution in [-0.2, 0) is 4.79 Å². The number of aryl methyl sites for hydroxylation is 1. The van der Waals surface area contributed by atoms with Crippen molar-refractivity contribution in [3.05, 3.63) is 64.2 Å². The van der Waals surface area contributed by atoms with Gasteiger partial charge < -0.3 is 4.74 Å². The summed E-state index contributed by atoms with van der Waals surface area (Å²) in [7, 11) is 0. The number of ketones is 1. The Hall–Kier alpha value is -3.25. The predicted octanol–water partition coefficient (Wildman–Crippen LogP) is 12.2. The minimum absolute atomic E-state index is 0.0721. The van der Waals surface area contributed by atoms with Gasteiger partial charge in [-0.05, 0) is 114 Å². The van der Waals surface area contributed by atoms with Crippen LogP contribution in [0, 0.1) is 77.5 Å². The Morgan fingerprint density at radius 1 is 0.620 bits per heavy atom. The van der Waals surface area contributed by atoms with Gasteiger partial charge in [0.15, 0.2) is 23.2 Å². The van der Waals surface area contributed by atoms with E-state index in [0.29, 0.717) is 30.1 Å². The van der Waals surface area contributed by atoms with Crippen LogP contribution in [0.1, 0.15) is 152 Å². The van der Waals surface area contributed by atoms with Crippen molar-refractivity contribution in [1.82, 2.24) is 0 Å². The van der Waals surface area contributed by atoms with E-state index in [9.17, 15) is 22.4 Å². The lowest BCUT2D eigenvalue weighted by Gasteiger charge is -2.25. The summed E-state index contributed by atoms with van der Waals surface area (Å²) < 4.78 is 61.4. The quantitative estimate of drug-likeness (QED) is 0.0994. The molecule has 0 unspecified atom stereocenters. The molecule has 2 saturated carbocycles. The van der Waals surface area contributed by atoms with Crippen LogP contribution in [0.25, 0.3) is 0 Å². The smallest absolute Gasteiger partial charge is 0.201 e. The van der Waals surface area contributed by atoms with E-state index in [4.69, 9.17) is 4.74 Å².